The predicted molar refractivity (Wildman–Crippen MR) is 134 cm³/mol. The number of ether oxygens (including phenoxy) is 2. The van der Waals surface area contributed by atoms with Gasteiger partial charge in [-0.25, -0.2) is 0 Å². The van der Waals surface area contributed by atoms with Gasteiger partial charge in [0.1, 0.15) is 0 Å². The lowest BCUT2D eigenvalue weighted by molar-refractivity contribution is 0.0541. The van der Waals surface area contributed by atoms with Gasteiger partial charge in [0, 0.05) is 0 Å². The molecule has 3 fully saturated rings. The molecule has 0 amide bonds. The highest BCUT2D eigenvalue weighted by molar-refractivity contribution is 5.35. The Morgan fingerprint density at radius 3 is 1.91 bits per heavy atom. The van der Waals surface area contributed by atoms with Crippen molar-refractivity contribution in [3.63, 3.8) is 0 Å². The van der Waals surface area contributed by atoms with Gasteiger partial charge in [0.05, 0.1) is 13.2 Å². The van der Waals surface area contributed by atoms with Crippen molar-refractivity contribution in [2.24, 2.45) is 35.5 Å². The summed E-state index contributed by atoms with van der Waals surface area (Å²) >= 11 is 0. The highest BCUT2D eigenvalue weighted by Crippen LogP contribution is 2.49. The third kappa shape index (κ3) is 6.46. The highest BCUT2D eigenvalue weighted by Gasteiger charge is 2.38. The number of halogens is 2. The summed E-state index contributed by atoms with van der Waals surface area (Å²) in [5.74, 6) is 3.29. The lowest BCUT2D eigenvalue weighted by atomic mass is 9.60. The maximum Gasteiger partial charge on any atom is 0.204 e. The van der Waals surface area contributed by atoms with Crippen LogP contribution >= 0.6 is 0 Å². The van der Waals surface area contributed by atoms with Gasteiger partial charge in [-0.2, -0.15) is 8.78 Å². The summed E-state index contributed by atoms with van der Waals surface area (Å²) in [5, 5.41) is 0. The number of hydrogen-bond acceptors (Lipinski definition) is 2. The Bertz CT molecular complexity index is 758. The molecule has 4 atom stereocenters. The summed E-state index contributed by atoms with van der Waals surface area (Å²) in [6.45, 7) is 4.85. The third-order valence-corrected chi connectivity index (χ3v) is 9.32. The monoisotopic (exact) mass is 476 g/mol. The van der Waals surface area contributed by atoms with Crippen molar-refractivity contribution < 1.29 is 18.3 Å². The first-order valence-corrected chi connectivity index (χ1v) is 14.3. The maximum absolute atomic E-state index is 14.3. The molecule has 1 aromatic rings. The zero-order chi connectivity index (χ0) is 23.9. The summed E-state index contributed by atoms with van der Waals surface area (Å²) in [5.41, 5.74) is 0. The van der Waals surface area contributed by atoms with Gasteiger partial charge in [0.15, 0.2) is 11.5 Å². The highest BCUT2D eigenvalue weighted by atomic mass is 19.2. The van der Waals surface area contributed by atoms with Crippen molar-refractivity contribution in [2.75, 3.05) is 13.2 Å². The van der Waals surface area contributed by atoms with Crippen LogP contribution in [0, 0.1) is 47.1 Å². The zero-order valence-corrected chi connectivity index (χ0v) is 21.5. The van der Waals surface area contributed by atoms with Crippen LogP contribution in [0.4, 0.5) is 8.78 Å². The quantitative estimate of drug-likeness (QED) is 0.314. The van der Waals surface area contributed by atoms with Crippen molar-refractivity contribution in [3.8, 4) is 11.5 Å². The molecule has 4 unspecified atom stereocenters. The molecule has 0 aliphatic heterocycles. The fourth-order valence-electron chi connectivity index (χ4n) is 7.32. The second-order valence-electron chi connectivity index (χ2n) is 11.5. The number of benzene rings is 1. The fourth-order valence-corrected chi connectivity index (χ4v) is 7.32. The standard InChI is InChI=1S/C30H46F2O2/c1-3-5-6-7-21-8-13-26-19-25(15-14-24(26)18-21)23-11-9-22(10-12-23)20-34-28-17-16-27(33-4-2)29(31)30(28)32/h16-17,21-26H,3-15,18-20H2,1-2H3. The summed E-state index contributed by atoms with van der Waals surface area (Å²) < 4.78 is 39.2. The molecule has 4 heteroatoms. The van der Waals surface area contributed by atoms with Gasteiger partial charge < -0.3 is 9.47 Å². The molecule has 192 valence electrons. The maximum atomic E-state index is 14.3. The number of hydrogen-bond donors (Lipinski definition) is 0. The first-order valence-electron chi connectivity index (χ1n) is 14.3. The van der Waals surface area contributed by atoms with Crippen molar-refractivity contribution in [1.29, 1.82) is 0 Å². The van der Waals surface area contributed by atoms with Crippen molar-refractivity contribution in [2.45, 2.75) is 104 Å². The summed E-state index contributed by atoms with van der Waals surface area (Å²) in [6.07, 6.45) is 19.3. The van der Waals surface area contributed by atoms with E-state index in [-0.39, 0.29) is 11.5 Å². The van der Waals surface area contributed by atoms with Gasteiger partial charge in [-0.3, -0.25) is 0 Å². The topological polar surface area (TPSA) is 18.5 Å². The minimum atomic E-state index is -0.950. The van der Waals surface area contributed by atoms with Crippen LogP contribution in [0.25, 0.3) is 0 Å². The largest absolute Gasteiger partial charge is 0.491 e. The molecule has 34 heavy (non-hydrogen) atoms. The molecule has 0 heterocycles. The lowest BCUT2D eigenvalue weighted by Gasteiger charge is -2.45. The molecular formula is C30H46F2O2. The number of fused-ring (bicyclic) bond motifs is 1. The van der Waals surface area contributed by atoms with Gasteiger partial charge in [-0.05, 0) is 112 Å². The van der Waals surface area contributed by atoms with E-state index in [1.807, 2.05) is 0 Å². The smallest absolute Gasteiger partial charge is 0.204 e. The minimum absolute atomic E-state index is 0.00620. The van der Waals surface area contributed by atoms with Gasteiger partial charge >= 0.3 is 0 Å². The van der Waals surface area contributed by atoms with E-state index in [0.29, 0.717) is 19.1 Å². The first-order chi connectivity index (χ1) is 16.6. The first kappa shape index (κ1) is 25.8. The average Bonchev–Trinajstić information content (AvgIpc) is 2.86. The molecule has 0 saturated heterocycles. The van der Waals surface area contributed by atoms with E-state index in [4.69, 9.17) is 9.47 Å². The Labute approximate surface area is 206 Å². The number of rotatable bonds is 10. The van der Waals surface area contributed by atoms with Gasteiger partial charge in [-0.1, -0.05) is 39.0 Å². The Balaban J connectivity index is 1.18. The fraction of sp³-hybridized carbons (Fsp3) is 0.800. The third-order valence-electron chi connectivity index (χ3n) is 9.32. The molecule has 0 radical (unpaired) electrons. The van der Waals surface area contributed by atoms with E-state index < -0.39 is 11.6 Å². The Morgan fingerprint density at radius 1 is 0.676 bits per heavy atom. The summed E-state index contributed by atoms with van der Waals surface area (Å²) in [7, 11) is 0. The second-order valence-corrected chi connectivity index (χ2v) is 11.5. The van der Waals surface area contributed by atoms with Crippen LogP contribution in [0.5, 0.6) is 11.5 Å². The van der Waals surface area contributed by atoms with Crippen LogP contribution < -0.4 is 9.47 Å². The predicted octanol–water partition coefficient (Wildman–Crippen LogP) is 8.96. The van der Waals surface area contributed by atoms with Crippen LogP contribution in [0.2, 0.25) is 0 Å². The van der Waals surface area contributed by atoms with Crippen molar-refractivity contribution in [1.82, 2.24) is 0 Å². The molecule has 2 nitrogen and oxygen atoms in total. The normalized spacial score (nSPS) is 31.6. The Hall–Kier alpha value is -1.32. The molecule has 1 aromatic carbocycles. The van der Waals surface area contributed by atoms with E-state index in [1.54, 1.807) is 6.92 Å². The molecule has 0 N–H and O–H groups in total. The van der Waals surface area contributed by atoms with Crippen LogP contribution in [0.3, 0.4) is 0 Å². The van der Waals surface area contributed by atoms with E-state index in [2.05, 4.69) is 6.92 Å². The van der Waals surface area contributed by atoms with E-state index in [9.17, 15) is 8.78 Å². The molecular weight excluding hydrogens is 430 g/mol. The SMILES string of the molecule is CCCCCC1CCC2CC(C3CCC(COc4ccc(OCC)c(F)c4F)CC3)CCC2C1. The van der Waals surface area contributed by atoms with Crippen molar-refractivity contribution in [3.05, 3.63) is 23.8 Å². The van der Waals surface area contributed by atoms with E-state index in [1.165, 1.54) is 89.2 Å². The van der Waals surface area contributed by atoms with Crippen LogP contribution in [-0.2, 0) is 0 Å². The molecule has 4 rings (SSSR count). The van der Waals surface area contributed by atoms with Crippen LogP contribution in [-0.4, -0.2) is 13.2 Å². The van der Waals surface area contributed by atoms with Crippen molar-refractivity contribution >= 4 is 0 Å². The second kappa shape index (κ2) is 12.6. The number of unbranched alkanes of at least 4 members (excludes halogenated alkanes) is 2. The summed E-state index contributed by atoms with van der Waals surface area (Å²) in [4.78, 5) is 0. The van der Waals surface area contributed by atoms with E-state index in [0.717, 1.165) is 42.4 Å². The average molecular weight is 477 g/mol. The molecule has 0 aromatic heterocycles. The Kier molecular flexibility index (Phi) is 9.53. The van der Waals surface area contributed by atoms with Gasteiger partial charge in [0.2, 0.25) is 11.6 Å². The van der Waals surface area contributed by atoms with Crippen LogP contribution in [0.1, 0.15) is 104 Å². The summed E-state index contributed by atoms with van der Waals surface area (Å²) in [6, 6.07) is 2.95. The molecule has 0 spiro atoms. The van der Waals surface area contributed by atoms with Crippen LogP contribution in [0.15, 0.2) is 12.1 Å². The molecule has 3 aliphatic carbocycles. The van der Waals surface area contributed by atoms with Gasteiger partial charge in [0.25, 0.3) is 0 Å². The molecule has 3 aliphatic rings. The van der Waals surface area contributed by atoms with E-state index >= 15 is 0 Å². The molecule has 3 saturated carbocycles. The lowest BCUT2D eigenvalue weighted by Crippen LogP contribution is -2.35. The van der Waals surface area contributed by atoms with Gasteiger partial charge in [-0.15, -0.1) is 0 Å². The molecule has 0 bridgehead atoms. The minimum Gasteiger partial charge on any atom is -0.491 e. The Morgan fingerprint density at radius 2 is 1.24 bits per heavy atom. The zero-order valence-electron chi connectivity index (χ0n) is 21.5.